The number of hydrogen-bond donors (Lipinski definition) is 0. The van der Waals surface area contributed by atoms with E-state index in [1.807, 2.05) is 16.8 Å². The molecule has 0 aliphatic carbocycles. The van der Waals surface area contributed by atoms with Gasteiger partial charge in [0.25, 0.3) is 0 Å². The molecule has 4 rings (SSSR count). The Hall–Kier alpha value is -1.73. The van der Waals surface area contributed by atoms with Crippen molar-refractivity contribution in [2.45, 2.75) is 44.2 Å². The first kappa shape index (κ1) is 15.8. The fourth-order valence-electron chi connectivity index (χ4n) is 3.96. The van der Waals surface area contributed by atoms with Crippen LogP contribution in [0.15, 0.2) is 16.8 Å². The molecule has 1 saturated heterocycles. The number of nitrogens with zero attached hydrogens (tertiary/aromatic N) is 4. The lowest BCUT2D eigenvalue weighted by atomic mass is 9.94. The Morgan fingerprint density at radius 2 is 2.29 bits per heavy atom. The number of carbonyl (C=O) groups excluding carboxylic acids is 1. The molecule has 24 heavy (non-hydrogen) atoms. The highest BCUT2D eigenvalue weighted by atomic mass is 32.1. The first-order valence-electron chi connectivity index (χ1n) is 8.54. The normalized spacial score (nSPS) is 22.3. The van der Waals surface area contributed by atoms with Crippen LogP contribution in [0.3, 0.4) is 0 Å². The van der Waals surface area contributed by atoms with Crippen LogP contribution < -0.4 is 0 Å². The van der Waals surface area contributed by atoms with E-state index in [4.69, 9.17) is 4.74 Å². The largest absolute Gasteiger partial charge is 0.468 e. The highest BCUT2D eigenvalue weighted by Crippen LogP contribution is 2.34. The Bertz CT molecular complexity index is 712. The summed E-state index contributed by atoms with van der Waals surface area (Å²) in [7, 11) is 1.47. The average Bonchev–Trinajstić information content (AvgIpc) is 3.33. The maximum atomic E-state index is 12.4. The quantitative estimate of drug-likeness (QED) is 0.796. The van der Waals surface area contributed by atoms with Crippen LogP contribution in [0.25, 0.3) is 0 Å². The van der Waals surface area contributed by atoms with Crippen molar-refractivity contribution in [2.24, 2.45) is 0 Å². The number of methoxy groups -OCH3 is 1. The summed E-state index contributed by atoms with van der Waals surface area (Å²) in [6.07, 6.45) is 4.35. The van der Waals surface area contributed by atoms with Gasteiger partial charge in [-0.15, -0.1) is 10.2 Å². The van der Waals surface area contributed by atoms with Gasteiger partial charge in [-0.2, -0.15) is 11.3 Å². The van der Waals surface area contributed by atoms with Crippen LogP contribution in [-0.2, 0) is 22.5 Å². The molecule has 0 spiro atoms. The van der Waals surface area contributed by atoms with Crippen molar-refractivity contribution in [1.29, 1.82) is 0 Å². The number of esters is 1. The third-order valence-corrected chi connectivity index (χ3v) is 5.81. The highest BCUT2D eigenvalue weighted by molar-refractivity contribution is 7.08. The van der Waals surface area contributed by atoms with E-state index in [1.54, 1.807) is 11.3 Å². The molecule has 6 nitrogen and oxygen atoms in total. The second kappa shape index (κ2) is 6.64. The number of thiophene rings is 1. The summed E-state index contributed by atoms with van der Waals surface area (Å²) in [6, 6.07) is 1.70. The first-order valence-corrected chi connectivity index (χ1v) is 9.48. The molecule has 0 N–H and O–H groups in total. The van der Waals surface area contributed by atoms with Crippen molar-refractivity contribution in [1.82, 2.24) is 19.7 Å². The molecular weight excluding hydrogens is 324 g/mol. The SMILES string of the molecule is COC(=O)[C@@H](c1ccsc1)N1CCC[C@H](c2nnc3n2CCC3)C1. The average molecular weight is 346 g/mol. The number of aryl methyl sites for hydroxylation is 1. The molecule has 0 radical (unpaired) electrons. The lowest BCUT2D eigenvalue weighted by molar-refractivity contribution is -0.147. The van der Waals surface area contributed by atoms with Gasteiger partial charge in [0.1, 0.15) is 17.7 Å². The van der Waals surface area contributed by atoms with Crippen LogP contribution >= 0.6 is 11.3 Å². The van der Waals surface area contributed by atoms with E-state index in [0.29, 0.717) is 5.92 Å². The molecule has 1 fully saturated rings. The van der Waals surface area contributed by atoms with Crippen LogP contribution in [-0.4, -0.2) is 45.8 Å². The van der Waals surface area contributed by atoms with Crippen molar-refractivity contribution < 1.29 is 9.53 Å². The number of hydrogen-bond acceptors (Lipinski definition) is 6. The summed E-state index contributed by atoms with van der Waals surface area (Å²) in [5.41, 5.74) is 1.03. The lowest BCUT2D eigenvalue weighted by Gasteiger charge is -2.36. The Balaban J connectivity index is 1.58. The van der Waals surface area contributed by atoms with Crippen molar-refractivity contribution in [3.8, 4) is 0 Å². The predicted molar refractivity (Wildman–Crippen MR) is 91.0 cm³/mol. The van der Waals surface area contributed by atoms with Crippen LogP contribution in [0.5, 0.6) is 0 Å². The molecule has 0 unspecified atom stereocenters. The van der Waals surface area contributed by atoms with Gasteiger partial charge in [-0.1, -0.05) is 0 Å². The maximum Gasteiger partial charge on any atom is 0.327 e. The number of aromatic nitrogens is 3. The molecule has 7 heteroatoms. The Morgan fingerprint density at radius 1 is 1.38 bits per heavy atom. The fraction of sp³-hybridized carbons (Fsp3) is 0.588. The van der Waals surface area contributed by atoms with Gasteiger partial charge in [0.2, 0.25) is 0 Å². The highest BCUT2D eigenvalue weighted by Gasteiger charge is 2.35. The number of fused-ring (bicyclic) bond motifs is 1. The molecule has 0 bridgehead atoms. The number of piperidine rings is 1. The van der Waals surface area contributed by atoms with Crippen molar-refractivity contribution in [2.75, 3.05) is 20.2 Å². The molecule has 4 heterocycles. The zero-order chi connectivity index (χ0) is 16.5. The Morgan fingerprint density at radius 3 is 3.08 bits per heavy atom. The monoisotopic (exact) mass is 346 g/mol. The van der Waals surface area contributed by atoms with E-state index in [-0.39, 0.29) is 12.0 Å². The second-order valence-corrected chi connectivity index (χ2v) is 7.33. The third-order valence-electron chi connectivity index (χ3n) is 5.10. The summed E-state index contributed by atoms with van der Waals surface area (Å²) in [5.74, 6) is 2.37. The maximum absolute atomic E-state index is 12.4. The van der Waals surface area contributed by atoms with Crippen LogP contribution in [0.4, 0.5) is 0 Å². The van der Waals surface area contributed by atoms with Gasteiger partial charge in [0.05, 0.1) is 7.11 Å². The molecule has 2 aromatic heterocycles. The minimum absolute atomic E-state index is 0.180. The topological polar surface area (TPSA) is 60.2 Å². The van der Waals surface area contributed by atoms with Gasteiger partial charge in [-0.25, -0.2) is 4.79 Å². The number of ether oxygens (including phenoxy) is 1. The summed E-state index contributed by atoms with van der Waals surface area (Å²) >= 11 is 1.61. The predicted octanol–water partition coefficient (Wildman–Crippen LogP) is 2.38. The second-order valence-electron chi connectivity index (χ2n) is 6.55. The molecule has 0 amide bonds. The Kier molecular flexibility index (Phi) is 4.37. The zero-order valence-electron chi connectivity index (χ0n) is 13.9. The summed E-state index contributed by atoms with van der Waals surface area (Å²) in [6.45, 7) is 2.76. The van der Waals surface area contributed by atoms with E-state index < -0.39 is 0 Å². The Labute approximate surface area is 145 Å². The standard InChI is InChI=1S/C17H22N4O2S/c1-23-17(22)15(13-6-9-24-11-13)20-7-2-4-12(10-20)16-19-18-14-5-3-8-21(14)16/h6,9,11-12,15H,2-5,7-8,10H2,1H3/t12-,15+/m0/s1. The van der Waals surface area contributed by atoms with Gasteiger partial charge in [-0.3, -0.25) is 4.90 Å². The van der Waals surface area contributed by atoms with Gasteiger partial charge in [-0.05, 0) is 48.2 Å². The molecule has 0 saturated carbocycles. The van der Waals surface area contributed by atoms with Gasteiger partial charge in [0, 0.05) is 25.4 Å². The first-order chi connectivity index (χ1) is 11.8. The van der Waals surface area contributed by atoms with Crippen LogP contribution in [0.1, 0.15) is 48.4 Å². The third kappa shape index (κ3) is 2.75. The van der Waals surface area contributed by atoms with Crippen molar-refractivity contribution in [3.05, 3.63) is 34.0 Å². The zero-order valence-corrected chi connectivity index (χ0v) is 14.7. The van der Waals surface area contributed by atoms with E-state index in [1.165, 1.54) is 7.11 Å². The summed E-state index contributed by atoms with van der Waals surface area (Å²) < 4.78 is 7.36. The summed E-state index contributed by atoms with van der Waals surface area (Å²) in [4.78, 5) is 14.6. The molecule has 0 aromatic carbocycles. The number of likely N-dealkylation sites (tertiary alicyclic amines) is 1. The van der Waals surface area contributed by atoms with Gasteiger partial charge < -0.3 is 9.30 Å². The van der Waals surface area contributed by atoms with E-state index >= 15 is 0 Å². The van der Waals surface area contributed by atoms with Crippen LogP contribution in [0, 0.1) is 0 Å². The molecule has 2 aliphatic rings. The number of rotatable bonds is 4. The lowest BCUT2D eigenvalue weighted by Crippen LogP contribution is -2.41. The minimum atomic E-state index is -0.315. The molecule has 2 aromatic rings. The van der Waals surface area contributed by atoms with Crippen molar-refractivity contribution in [3.63, 3.8) is 0 Å². The van der Waals surface area contributed by atoms with Crippen LogP contribution in [0.2, 0.25) is 0 Å². The molecule has 128 valence electrons. The van der Waals surface area contributed by atoms with Gasteiger partial charge >= 0.3 is 5.97 Å². The van der Waals surface area contributed by atoms with Crippen molar-refractivity contribution >= 4 is 17.3 Å². The van der Waals surface area contributed by atoms with Gasteiger partial charge in [0.15, 0.2) is 0 Å². The molecular formula is C17H22N4O2S. The minimum Gasteiger partial charge on any atom is -0.468 e. The number of carbonyl (C=O) groups is 1. The fourth-order valence-corrected chi connectivity index (χ4v) is 4.64. The summed E-state index contributed by atoms with van der Waals surface area (Å²) in [5, 5.41) is 12.9. The van der Waals surface area contributed by atoms with E-state index in [0.717, 1.165) is 62.5 Å². The molecule has 2 atom stereocenters. The van der Waals surface area contributed by atoms with E-state index in [9.17, 15) is 4.79 Å². The molecule has 2 aliphatic heterocycles. The van der Waals surface area contributed by atoms with E-state index in [2.05, 4.69) is 19.7 Å². The smallest absolute Gasteiger partial charge is 0.327 e.